The molecule has 0 saturated carbocycles. The predicted molar refractivity (Wildman–Crippen MR) is 116 cm³/mol. The molecule has 1 heterocycles. The van der Waals surface area contributed by atoms with Crippen molar-refractivity contribution in [1.29, 1.82) is 0 Å². The van der Waals surface area contributed by atoms with Crippen molar-refractivity contribution in [2.24, 2.45) is 10.2 Å². The van der Waals surface area contributed by atoms with Crippen LogP contribution in [0.4, 0.5) is 17.1 Å². The molecule has 3 aromatic carbocycles. The summed E-state index contributed by atoms with van der Waals surface area (Å²) in [6.07, 6.45) is 2.54. The summed E-state index contributed by atoms with van der Waals surface area (Å²) in [6, 6.07) is 24.5. The van der Waals surface area contributed by atoms with Gasteiger partial charge >= 0.3 is 0 Å². The molecule has 0 spiro atoms. The highest BCUT2D eigenvalue weighted by Crippen LogP contribution is 2.24. The van der Waals surface area contributed by atoms with E-state index in [9.17, 15) is 10.1 Å². The molecule has 0 bridgehead atoms. The molecular formula is C22H19N5O2. The van der Waals surface area contributed by atoms with Gasteiger partial charge in [0.15, 0.2) is 0 Å². The summed E-state index contributed by atoms with van der Waals surface area (Å²) in [5, 5.41) is 21.9. The number of anilines is 2. The van der Waals surface area contributed by atoms with Crippen LogP contribution in [-0.2, 0) is 0 Å². The Balaban J connectivity index is 1.42. The van der Waals surface area contributed by atoms with Gasteiger partial charge < -0.3 is 0 Å². The van der Waals surface area contributed by atoms with Gasteiger partial charge in [0, 0.05) is 19.0 Å². The van der Waals surface area contributed by atoms with Crippen LogP contribution >= 0.6 is 0 Å². The van der Waals surface area contributed by atoms with E-state index >= 15 is 0 Å². The van der Waals surface area contributed by atoms with E-state index in [1.165, 1.54) is 6.07 Å². The average molecular weight is 385 g/mol. The molecule has 0 aliphatic carbocycles. The summed E-state index contributed by atoms with van der Waals surface area (Å²) in [5.74, 6) is 0. The van der Waals surface area contributed by atoms with Crippen LogP contribution in [0.25, 0.3) is 0 Å². The monoisotopic (exact) mass is 385 g/mol. The topological polar surface area (TPSA) is 83.1 Å². The maximum atomic E-state index is 11.0. The van der Waals surface area contributed by atoms with E-state index in [0.29, 0.717) is 5.69 Å². The average Bonchev–Trinajstić information content (AvgIpc) is 3.25. The molecule has 1 N–H and O–H groups in total. The van der Waals surface area contributed by atoms with Crippen molar-refractivity contribution < 1.29 is 4.92 Å². The molecular weight excluding hydrogens is 366 g/mol. The first-order valence-corrected chi connectivity index (χ1v) is 9.24. The summed E-state index contributed by atoms with van der Waals surface area (Å²) in [5.41, 5.74) is 7.21. The predicted octanol–water partition coefficient (Wildman–Crippen LogP) is 4.66. The van der Waals surface area contributed by atoms with Crippen LogP contribution in [0.15, 0.2) is 89.1 Å². The molecule has 0 fully saturated rings. The van der Waals surface area contributed by atoms with E-state index in [4.69, 9.17) is 5.10 Å². The Hall–Kier alpha value is -4.00. The maximum absolute atomic E-state index is 11.0. The van der Waals surface area contributed by atoms with Gasteiger partial charge in [-0.1, -0.05) is 54.6 Å². The third-order valence-electron chi connectivity index (χ3n) is 4.60. The van der Waals surface area contributed by atoms with Gasteiger partial charge in [0.1, 0.15) is 5.69 Å². The Kier molecular flexibility index (Phi) is 5.29. The number of hydrogen-bond acceptors (Lipinski definition) is 6. The van der Waals surface area contributed by atoms with E-state index in [2.05, 4.69) is 22.7 Å². The van der Waals surface area contributed by atoms with Crippen molar-refractivity contribution in [2.45, 2.75) is 6.42 Å². The Morgan fingerprint density at radius 2 is 1.72 bits per heavy atom. The first-order chi connectivity index (χ1) is 14.2. The fourth-order valence-electron chi connectivity index (χ4n) is 3.11. The van der Waals surface area contributed by atoms with Crippen LogP contribution in [0.3, 0.4) is 0 Å². The quantitative estimate of drug-likeness (QED) is 0.380. The SMILES string of the molecule is O=[N+]([O-])c1ccccc1N/N=C\c1ccc(N2CCC(c3ccccc3)=N2)cc1. The van der Waals surface area contributed by atoms with Crippen LogP contribution in [0.2, 0.25) is 0 Å². The molecule has 0 atom stereocenters. The van der Waals surface area contributed by atoms with Gasteiger partial charge in [0.2, 0.25) is 0 Å². The fourth-order valence-corrected chi connectivity index (χ4v) is 3.11. The largest absolute Gasteiger partial charge is 0.294 e. The number of para-hydroxylation sites is 2. The first-order valence-electron chi connectivity index (χ1n) is 9.24. The van der Waals surface area contributed by atoms with Crippen molar-refractivity contribution >= 4 is 29.0 Å². The summed E-state index contributed by atoms with van der Waals surface area (Å²) in [6.45, 7) is 0.844. The van der Waals surface area contributed by atoms with Crippen molar-refractivity contribution in [3.63, 3.8) is 0 Å². The van der Waals surface area contributed by atoms with Crippen LogP contribution in [0.5, 0.6) is 0 Å². The highest BCUT2D eigenvalue weighted by atomic mass is 16.6. The molecule has 0 radical (unpaired) electrons. The van der Waals surface area contributed by atoms with Crippen LogP contribution < -0.4 is 10.4 Å². The number of benzene rings is 3. The summed E-state index contributed by atoms with van der Waals surface area (Å²) < 4.78 is 0. The number of hydrogen-bond donors (Lipinski definition) is 1. The van der Waals surface area contributed by atoms with Gasteiger partial charge in [0.05, 0.1) is 22.5 Å². The van der Waals surface area contributed by atoms with E-state index in [0.717, 1.165) is 35.5 Å². The minimum atomic E-state index is -0.438. The lowest BCUT2D eigenvalue weighted by Crippen LogP contribution is -2.11. The number of nitro groups is 1. The summed E-state index contributed by atoms with van der Waals surface area (Å²) in [7, 11) is 0. The van der Waals surface area contributed by atoms with E-state index in [-0.39, 0.29) is 5.69 Å². The second kappa shape index (κ2) is 8.35. The molecule has 0 amide bonds. The highest BCUT2D eigenvalue weighted by Gasteiger charge is 2.17. The van der Waals surface area contributed by atoms with Gasteiger partial charge in [-0.25, -0.2) is 0 Å². The molecule has 3 aromatic rings. The number of nitrogens with one attached hydrogen (secondary N) is 1. The third kappa shape index (κ3) is 4.30. The van der Waals surface area contributed by atoms with E-state index in [1.54, 1.807) is 24.4 Å². The fraction of sp³-hybridized carbons (Fsp3) is 0.0909. The molecule has 0 saturated heterocycles. The van der Waals surface area contributed by atoms with Crippen LogP contribution in [0.1, 0.15) is 17.5 Å². The molecule has 7 nitrogen and oxygen atoms in total. The normalized spacial score (nSPS) is 13.5. The smallest absolute Gasteiger partial charge is 0.272 e. The van der Waals surface area contributed by atoms with Crippen molar-refractivity contribution in [1.82, 2.24) is 0 Å². The second-order valence-corrected chi connectivity index (χ2v) is 6.52. The molecule has 29 heavy (non-hydrogen) atoms. The Bertz CT molecular complexity index is 1060. The Morgan fingerprint density at radius 3 is 2.48 bits per heavy atom. The first kappa shape index (κ1) is 18.4. The molecule has 4 rings (SSSR count). The Morgan fingerprint density at radius 1 is 1.00 bits per heavy atom. The molecule has 7 heteroatoms. The number of nitrogens with zero attached hydrogens (tertiary/aromatic N) is 4. The Labute approximate surface area is 168 Å². The molecule has 1 aliphatic heterocycles. The van der Waals surface area contributed by atoms with Crippen LogP contribution in [0, 0.1) is 10.1 Å². The minimum absolute atomic E-state index is 0.0129. The van der Waals surface area contributed by atoms with Crippen LogP contribution in [-0.4, -0.2) is 23.4 Å². The standard InChI is InChI=1S/C22H19N5O2/c28-27(29)22-9-5-4-8-21(22)24-23-16-17-10-12-19(13-11-17)26-15-14-20(25-26)18-6-2-1-3-7-18/h1-13,16,24H,14-15H2/b23-16-. The van der Waals surface area contributed by atoms with Crippen molar-refractivity contribution in [3.05, 3.63) is 100 Å². The summed E-state index contributed by atoms with van der Waals surface area (Å²) >= 11 is 0. The lowest BCUT2D eigenvalue weighted by molar-refractivity contribution is -0.384. The molecule has 0 aromatic heterocycles. The highest BCUT2D eigenvalue weighted by molar-refractivity contribution is 6.02. The van der Waals surface area contributed by atoms with Crippen molar-refractivity contribution in [3.8, 4) is 0 Å². The molecule has 1 aliphatic rings. The van der Waals surface area contributed by atoms with Crippen molar-refractivity contribution in [2.75, 3.05) is 17.0 Å². The zero-order valence-electron chi connectivity index (χ0n) is 15.6. The van der Waals surface area contributed by atoms with E-state index in [1.807, 2.05) is 47.5 Å². The van der Waals surface area contributed by atoms with E-state index < -0.39 is 4.92 Å². The van der Waals surface area contributed by atoms with Gasteiger partial charge in [-0.2, -0.15) is 10.2 Å². The van der Waals surface area contributed by atoms with Gasteiger partial charge in [0.25, 0.3) is 5.69 Å². The van der Waals surface area contributed by atoms with Gasteiger partial charge in [-0.05, 0) is 29.3 Å². The zero-order chi connectivity index (χ0) is 20.1. The van der Waals surface area contributed by atoms with Gasteiger partial charge in [-0.3, -0.25) is 20.5 Å². The second-order valence-electron chi connectivity index (χ2n) is 6.52. The number of nitro benzene ring substituents is 1. The van der Waals surface area contributed by atoms with Gasteiger partial charge in [-0.15, -0.1) is 0 Å². The maximum Gasteiger partial charge on any atom is 0.294 e. The lowest BCUT2D eigenvalue weighted by Gasteiger charge is -2.13. The summed E-state index contributed by atoms with van der Waals surface area (Å²) in [4.78, 5) is 10.6. The third-order valence-corrected chi connectivity index (χ3v) is 4.60. The lowest BCUT2D eigenvalue weighted by atomic mass is 10.1. The molecule has 144 valence electrons. The minimum Gasteiger partial charge on any atom is -0.272 e. The molecule has 0 unspecified atom stereocenters. The number of rotatable bonds is 6. The number of hydrazone groups is 2. The zero-order valence-corrected chi connectivity index (χ0v) is 15.6.